The number of benzene rings is 2. The summed E-state index contributed by atoms with van der Waals surface area (Å²) in [4.78, 5) is 14.7. The first kappa shape index (κ1) is 21.6. The fourth-order valence-electron chi connectivity index (χ4n) is 3.92. The van der Waals surface area contributed by atoms with E-state index in [1.807, 2.05) is 0 Å². The Hall–Kier alpha value is -2.62. The lowest BCUT2D eigenvalue weighted by Gasteiger charge is -2.33. The predicted molar refractivity (Wildman–Crippen MR) is 115 cm³/mol. The molecule has 0 spiro atoms. The first-order chi connectivity index (χ1) is 15.0. The van der Waals surface area contributed by atoms with E-state index >= 15 is 0 Å². The molecule has 31 heavy (non-hydrogen) atoms. The van der Waals surface area contributed by atoms with Gasteiger partial charge in [0, 0.05) is 24.6 Å². The van der Waals surface area contributed by atoms with Gasteiger partial charge in [-0.3, -0.25) is 9.52 Å². The number of hydrogen-bond donors (Lipinski definition) is 1. The zero-order chi connectivity index (χ0) is 21.8. The molecule has 8 nitrogen and oxygen atoms in total. The molecule has 0 aromatic heterocycles. The van der Waals surface area contributed by atoms with E-state index in [1.165, 1.54) is 19.2 Å². The number of likely N-dealkylation sites (tertiary alicyclic amines) is 1. The lowest BCUT2D eigenvalue weighted by atomic mass is 9.95. The van der Waals surface area contributed by atoms with Crippen molar-refractivity contribution < 1.29 is 27.4 Å². The quantitative estimate of drug-likeness (QED) is 0.733. The molecule has 0 aliphatic carbocycles. The molecule has 0 saturated carbocycles. The van der Waals surface area contributed by atoms with E-state index in [0.717, 1.165) is 12.8 Å². The van der Waals surface area contributed by atoms with Crippen molar-refractivity contribution in [2.75, 3.05) is 38.1 Å². The maximum atomic E-state index is 12.8. The minimum absolute atomic E-state index is 0.0733. The third kappa shape index (κ3) is 4.84. The summed E-state index contributed by atoms with van der Waals surface area (Å²) in [6.07, 6.45) is 1.50. The SMILES string of the molecule is COc1ccccc1NS(=O)(=O)c1ccc(C(=O)N2CCC(C3OCCO3)CC2)cc1. The van der Waals surface area contributed by atoms with Crippen LogP contribution in [0.4, 0.5) is 5.69 Å². The van der Waals surface area contributed by atoms with E-state index in [9.17, 15) is 13.2 Å². The Bertz CT molecular complexity index is 1010. The second-order valence-corrected chi connectivity index (χ2v) is 9.25. The molecule has 0 unspecified atom stereocenters. The largest absolute Gasteiger partial charge is 0.495 e. The molecule has 2 aliphatic heterocycles. The van der Waals surface area contributed by atoms with Gasteiger partial charge in [0.25, 0.3) is 15.9 Å². The highest BCUT2D eigenvalue weighted by atomic mass is 32.2. The van der Waals surface area contributed by atoms with Crippen LogP contribution in [-0.2, 0) is 19.5 Å². The van der Waals surface area contributed by atoms with Gasteiger partial charge in [0.1, 0.15) is 5.75 Å². The van der Waals surface area contributed by atoms with Gasteiger partial charge in [-0.05, 0) is 49.2 Å². The highest BCUT2D eigenvalue weighted by Crippen LogP contribution is 2.28. The molecular formula is C22H26N2O6S. The van der Waals surface area contributed by atoms with Gasteiger partial charge in [-0.15, -0.1) is 0 Å². The molecule has 2 saturated heterocycles. The van der Waals surface area contributed by atoms with Gasteiger partial charge in [-0.1, -0.05) is 12.1 Å². The van der Waals surface area contributed by atoms with Gasteiger partial charge >= 0.3 is 0 Å². The number of carbonyl (C=O) groups excluding carboxylic acids is 1. The normalized spacial score (nSPS) is 18.2. The summed E-state index contributed by atoms with van der Waals surface area (Å²) in [6.45, 7) is 2.51. The number of carbonyl (C=O) groups is 1. The summed E-state index contributed by atoms with van der Waals surface area (Å²) in [5, 5.41) is 0. The van der Waals surface area contributed by atoms with E-state index in [2.05, 4.69) is 4.72 Å². The van der Waals surface area contributed by atoms with Crippen LogP contribution in [0.1, 0.15) is 23.2 Å². The van der Waals surface area contributed by atoms with Crippen LogP contribution in [0, 0.1) is 5.92 Å². The molecule has 0 radical (unpaired) electrons. The molecule has 1 amide bonds. The maximum Gasteiger partial charge on any atom is 0.262 e. The summed E-state index contributed by atoms with van der Waals surface area (Å²) < 4.78 is 44.3. The molecule has 2 aliphatic rings. The first-order valence-corrected chi connectivity index (χ1v) is 11.7. The summed E-state index contributed by atoms with van der Waals surface area (Å²) in [6, 6.07) is 12.8. The molecule has 2 fully saturated rings. The Labute approximate surface area is 182 Å². The third-order valence-electron chi connectivity index (χ3n) is 5.62. The van der Waals surface area contributed by atoms with Crippen molar-refractivity contribution in [3.8, 4) is 5.75 Å². The van der Waals surface area contributed by atoms with Gasteiger partial charge in [0.15, 0.2) is 6.29 Å². The second kappa shape index (κ2) is 9.25. The van der Waals surface area contributed by atoms with Gasteiger partial charge in [0.2, 0.25) is 0 Å². The van der Waals surface area contributed by atoms with Gasteiger partial charge in [0.05, 0.1) is 30.9 Å². The standard InChI is InChI=1S/C22H26N2O6S/c1-28-20-5-3-2-4-19(20)23-31(26,27)18-8-6-16(7-9-18)21(25)24-12-10-17(11-13-24)22-29-14-15-30-22/h2-9,17,22-23H,10-15H2,1H3. The van der Waals surface area contributed by atoms with Crippen molar-refractivity contribution >= 4 is 21.6 Å². The fourth-order valence-corrected chi connectivity index (χ4v) is 4.99. The summed E-state index contributed by atoms with van der Waals surface area (Å²) in [5.41, 5.74) is 0.811. The van der Waals surface area contributed by atoms with Crippen molar-refractivity contribution in [3.63, 3.8) is 0 Å². The zero-order valence-corrected chi connectivity index (χ0v) is 18.1. The number of rotatable bonds is 6. The van der Waals surface area contributed by atoms with Crippen LogP contribution in [0.3, 0.4) is 0 Å². The van der Waals surface area contributed by atoms with E-state index in [0.29, 0.717) is 49.2 Å². The van der Waals surface area contributed by atoms with Crippen LogP contribution in [0.25, 0.3) is 0 Å². The fraction of sp³-hybridized carbons (Fsp3) is 0.409. The Balaban J connectivity index is 1.40. The van der Waals surface area contributed by atoms with Crippen LogP contribution < -0.4 is 9.46 Å². The highest BCUT2D eigenvalue weighted by Gasteiger charge is 2.32. The Morgan fingerprint density at radius 1 is 1.03 bits per heavy atom. The number of ether oxygens (including phenoxy) is 3. The Morgan fingerprint density at radius 3 is 2.32 bits per heavy atom. The Morgan fingerprint density at radius 2 is 1.68 bits per heavy atom. The van der Waals surface area contributed by atoms with Crippen LogP contribution in [0.5, 0.6) is 5.75 Å². The Kier molecular flexibility index (Phi) is 6.45. The maximum absolute atomic E-state index is 12.8. The smallest absolute Gasteiger partial charge is 0.262 e. The number of sulfonamides is 1. The molecular weight excluding hydrogens is 420 g/mol. The number of nitrogens with one attached hydrogen (secondary N) is 1. The summed E-state index contributed by atoms with van der Waals surface area (Å²) >= 11 is 0. The minimum Gasteiger partial charge on any atom is -0.495 e. The molecule has 4 rings (SSSR count). The number of nitrogens with zero attached hydrogens (tertiary/aromatic N) is 1. The average Bonchev–Trinajstić information content (AvgIpc) is 3.34. The second-order valence-electron chi connectivity index (χ2n) is 7.57. The number of amides is 1. The average molecular weight is 447 g/mol. The number of anilines is 1. The number of para-hydroxylation sites is 2. The van der Waals surface area contributed by atoms with Gasteiger partial charge in [-0.2, -0.15) is 0 Å². The van der Waals surface area contributed by atoms with Crippen molar-refractivity contribution in [2.24, 2.45) is 5.92 Å². The molecule has 0 bridgehead atoms. The van der Waals surface area contributed by atoms with Crippen molar-refractivity contribution in [1.29, 1.82) is 0 Å². The van der Waals surface area contributed by atoms with E-state index in [-0.39, 0.29) is 17.1 Å². The van der Waals surface area contributed by atoms with Crippen molar-refractivity contribution in [3.05, 3.63) is 54.1 Å². The van der Waals surface area contributed by atoms with Crippen molar-refractivity contribution in [1.82, 2.24) is 4.90 Å². The van der Waals surface area contributed by atoms with Crippen LogP contribution in [-0.4, -0.2) is 58.9 Å². The summed E-state index contributed by atoms with van der Waals surface area (Å²) in [7, 11) is -2.34. The highest BCUT2D eigenvalue weighted by molar-refractivity contribution is 7.92. The monoisotopic (exact) mass is 446 g/mol. The number of hydrogen-bond acceptors (Lipinski definition) is 6. The molecule has 0 atom stereocenters. The molecule has 2 aromatic carbocycles. The number of piperidine rings is 1. The van der Waals surface area contributed by atoms with Gasteiger partial charge in [-0.25, -0.2) is 8.42 Å². The molecule has 2 aromatic rings. The third-order valence-corrected chi connectivity index (χ3v) is 7.00. The molecule has 2 heterocycles. The zero-order valence-electron chi connectivity index (χ0n) is 17.3. The molecule has 1 N–H and O–H groups in total. The molecule has 166 valence electrons. The molecule has 9 heteroatoms. The van der Waals surface area contributed by atoms with Crippen LogP contribution >= 0.6 is 0 Å². The van der Waals surface area contributed by atoms with Gasteiger partial charge < -0.3 is 19.1 Å². The first-order valence-electron chi connectivity index (χ1n) is 10.3. The summed E-state index contributed by atoms with van der Waals surface area (Å²) in [5.74, 6) is 0.628. The van der Waals surface area contributed by atoms with Crippen molar-refractivity contribution in [2.45, 2.75) is 24.0 Å². The lowest BCUT2D eigenvalue weighted by molar-refractivity contribution is -0.0956. The van der Waals surface area contributed by atoms with E-state index < -0.39 is 10.0 Å². The predicted octanol–water partition coefficient (Wildman–Crippen LogP) is 2.72. The lowest BCUT2D eigenvalue weighted by Crippen LogP contribution is -2.41. The van der Waals surface area contributed by atoms with Crippen LogP contribution in [0.2, 0.25) is 0 Å². The topological polar surface area (TPSA) is 94.2 Å². The number of methoxy groups -OCH3 is 1. The van der Waals surface area contributed by atoms with E-state index in [4.69, 9.17) is 14.2 Å². The minimum atomic E-state index is -3.81. The van der Waals surface area contributed by atoms with E-state index in [1.54, 1.807) is 41.3 Å². The van der Waals surface area contributed by atoms with Crippen LogP contribution in [0.15, 0.2) is 53.4 Å².